The van der Waals surface area contributed by atoms with Crippen molar-refractivity contribution in [3.8, 4) is 0 Å². The molecule has 1 N–H and O–H groups in total. The Morgan fingerprint density at radius 1 is 1.22 bits per heavy atom. The average Bonchev–Trinajstić information content (AvgIpc) is 2.77. The van der Waals surface area contributed by atoms with Crippen molar-refractivity contribution in [2.45, 2.75) is 64.8 Å². The summed E-state index contributed by atoms with van der Waals surface area (Å²) in [6.07, 6.45) is 10.5. The number of fused-ring (bicyclic) bond motifs is 1. The van der Waals surface area contributed by atoms with Crippen molar-refractivity contribution in [1.82, 2.24) is 9.97 Å². The minimum Gasteiger partial charge on any atom is -0.367 e. The molecule has 0 spiro atoms. The zero-order chi connectivity index (χ0) is 12.6. The van der Waals surface area contributed by atoms with E-state index in [1.54, 1.807) is 6.33 Å². The molecule has 0 radical (unpaired) electrons. The Kier molecular flexibility index (Phi) is 3.00. The Hall–Kier alpha value is -1.12. The van der Waals surface area contributed by atoms with E-state index in [0.717, 1.165) is 18.7 Å². The molecule has 18 heavy (non-hydrogen) atoms. The van der Waals surface area contributed by atoms with Gasteiger partial charge in [-0.25, -0.2) is 9.97 Å². The van der Waals surface area contributed by atoms with Crippen LogP contribution in [-0.4, -0.2) is 16.0 Å². The summed E-state index contributed by atoms with van der Waals surface area (Å²) < 4.78 is 0. The van der Waals surface area contributed by atoms with E-state index in [9.17, 15) is 0 Å². The molecule has 1 aromatic rings. The predicted octanol–water partition coefficient (Wildman–Crippen LogP) is 3.35. The maximum atomic E-state index is 4.47. The molecule has 1 saturated carbocycles. The van der Waals surface area contributed by atoms with Gasteiger partial charge in [0.2, 0.25) is 0 Å². The van der Waals surface area contributed by atoms with Crippen LogP contribution in [-0.2, 0) is 12.8 Å². The maximum absolute atomic E-state index is 4.47. The van der Waals surface area contributed by atoms with E-state index >= 15 is 0 Å². The molecular weight excluding hydrogens is 222 g/mol. The lowest BCUT2D eigenvalue weighted by Gasteiger charge is -2.36. The first kappa shape index (κ1) is 11.9. The molecule has 0 aromatic carbocycles. The molecule has 2 aliphatic carbocycles. The fraction of sp³-hybridized carbons (Fsp3) is 0.733. The summed E-state index contributed by atoms with van der Waals surface area (Å²) in [5, 5.41) is 3.69. The summed E-state index contributed by atoms with van der Waals surface area (Å²) in [5.41, 5.74) is 3.12. The smallest absolute Gasteiger partial charge is 0.133 e. The lowest BCUT2D eigenvalue weighted by atomic mass is 9.75. The lowest BCUT2D eigenvalue weighted by molar-refractivity contribution is 0.229. The summed E-state index contributed by atoms with van der Waals surface area (Å²) in [6.45, 7) is 4.76. The molecule has 1 unspecified atom stereocenters. The van der Waals surface area contributed by atoms with Crippen LogP contribution in [0.4, 0.5) is 5.82 Å². The Morgan fingerprint density at radius 3 is 2.94 bits per heavy atom. The van der Waals surface area contributed by atoms with Gasteiger partial charge in [0.25, 0.3) is 0 Å². The van der Waals surface area contributed by atoms with E-state index in [0.29, 0.717) is 11.5 Å². The van der Waals surface area contributed by atoms with E-state index in [1.165, 1.54) is 43.4 Å². The quantitative estimate of drug-likeness (QED) is 0.868. The van der Waals surface area contributed by atoms with Gasteiger partial charge in [-0.2, -0.15) is 0 Å². The van der Waals surface area contributed by atoms with Gasteiger partial charge < -0.3 is 5.32 Å². The zero-order valence-corrected chi connectivity index (χ0v) is 11.5. The third-order valence-electron chi connectivity index (χ3n) is 4.42. The van der Waals surface area contributed by atoms with Gasteiger partial charge in [-0.15, -0.1) is 0 Å². The summed E-state index contributed by atoms with van der Waals surface area (Å²) in [4.78, 5) is 8.86. The van der Waals surface area contributed by atoms with Crippen molar-refractivity contribution < 1.29 is 0 Å². The molecule has 1 aromatic heterocycles. The number of aryl methyl sites for hydroxylation is 1. The third kappa shape index (κ3) is 2.36. The van der Waals surface area contributed by atoms with Crippen LogP contribution >= 0.6 is 0 Å². The molecule has 98 valence electrons. The molecule has 0 aliphatic heterocycles. The summed E-state index contributed by atoms with van der Waals surface area (Å²) in [6, 6.07) is 0.591. The van der Waals surface area contributed by atoms with Gasteiger partial charge in [0.05, 0.1) is 0 Å². The SMILES string of the molecule is CC1(C)CCCC(Nc2ncnc3c2CCC3)C1. The Bertz CT molecular complexity index is 439. The summed E-state index contributed by atoms with van der Waals surface area (Å²) in [7, 11) is 0. The molecule has 1 heterocycles. The number of anilines is 1. The minimum atomic E-state index is 0.478. The van der Waals surface area contributed by atoms with Gasteiger partial charge >= 0.3 is 0 Å². The van der Waals surface area contributed by atoms with Crippen molar-refractivity contribution in [3.63, 3.8) is 0 Å². The standard InChI is InChI=1S/C15H23N3/c1-15(2)8-4-5-11(9-15)18-14-12-6-3-7-13(12)16-10-17-14/h10-11H,3-9H2,1-2H3,(H,16,17,18). The van der Waals surface area contributed by atoms with E-state index in [2.05, 4.69) is 29.1 Å². The van der Waals surface area contributed by atoms with Crippen LogP contribution < -0.4 is 5.32 Å². The molecule has 0 amide bonds. The molecular formula is C15H23N3. The molecule has 3 heteroatoms. The van der Waals surface area contributed by atoms with Crippen LogP contribution in [0.3, 0.4) is 0 Å². The van der Waals surface area contributed by atoms with Gasteiger partial charge in [-0.05, 0) is 43.9 Å². The fourth-order valence-electron chi connectivity index (χ4n) is 3.50. The first-order valence-corrected chi connectivity index (χ1v) is 7.23. The number of aromatic nitrogens is 2. The normalized spacial score (nSPS) is 25.8. The second-order valence-corrected chi connectivity index (χ2v) is 6.60. The number of hydrogen-bond acceptors (Lipinski definition) is 3. The summed E-state index contributed by atoms with van der Waals surface area (Å²) in [5.74, 6) is 1.11. The Morgan fingerprint density at radius 2 is 2.11 bits per heavy atom. The van der Waals surface area contributed by atoms with Crippen LogP contribution in [0.2, 0.25) is 0 Å². The van der Waals surface area contributed by atoms with Crippen LogP contribution in [0, 0.1) is 5.41 Å². The first-order chi connectivity index (χ1) is 8.64. The van der Waals surface area contributed by atoms with Crippen molar-refractivity contribution in [2.75, 3.05) is 5.32 Å². The van der Waals surface area contributed by atoms with Crippen molar-refractivity contribution >= 4 is 5.82 Å². The van der Waals surface area contributed by atoms with Gasteiger partial charge in [0, 0.05) is 17.3 Å². The van der Waals surface area contributed by atoms with Crippen LogP contribution in [0.5, 0.6) is 0 Å². The van der Waals surface area contributed by atoms with Crippen molar-refractivity contribution in [1.29, 1.82) is 0 Å². The van der Waals surface area contributed by atoms with Crippen LogP contribution in [0.25, 0.3) is 0 Å². The fourth-order valence-corrected chi connectivity index (χ4v) is 3.50. The molecule has 0 bridgehead atoms. The molecule has 3 nitrogen and oxygen atoms in total. The summed E-state index contributed by atoms with van der Waals surface area (Å²) >= 11 is 0. The predicted molar refractivity (Wildman–Crippen MR) is 73.7 cm³/mol. The van der Waals surface area contributed by atoms with Gasteiger partial charge in [-0.1, -0.05) is 20.3 Å². The lowest BCUT2D eigenvalue weighted by Crippen LogP contribution is -2.32. The second kappa shape index (κ2) is 4.52. The topological polar surface area (TPSA) is 37.8 Å². The van der Waals surface area contributed by atoms with E-state index in [1.807, 2.05) is 0 Å². The average molecular weight is 245 g/mol. The van der Waals surface area contributed by atoms with E-state index in [4.69, 9.17) is 0 Å². The monoisotopic (exact) mass is 245 g/mol. The molecule has 0 saturated heterocycles. The number of nitrogens with zero attached hydrogens (tertiary/aromatic N) is 2. The highest BCUT2D eigenvalue weighted by Crippen LogP contribution is 2.37. The number of rotatable bonds is 2. The van der Waals surface area contributed by atoms with Gasteiger partial charge in [0.1, 0.15) is 12.1 Å². The largest absolute Gasteiger partial charge is 0.367 e. The van der Waals surface area contributed by atoms with Gasteiger partial charge in [0.15, 0.2) is 0 Å². The molecule has 1 atom stereocenters. The Balaban J connectivity index is 1.75. The number of hydrogen-bond donors (Lipinski definition) is 1. The van der Waals surface area contributed by atoms with Crippen LogP contribution in [0.15, 0.2) is 6.33 Å². The van der Waals surface area contributed by atoms with Crippen LogP contribution in [0.1, 0.15) is 57.2 Å². The minimum absolute atomic E-state index is 0.478. The highest BCUT2D eigenvalue weighted by Gasteiger charge is 2.29. The zero-order valence-electron chi connectivity index (χ0n) is 11.5. The molecule has 3 rings (SSSR count). The highest BCUT2D eigenvalue weighted by atomic mass is 15.0. The van der Waals surface area contributed by atoms with Crippen molar-refractivity contribution in [2.24, 2.45) is 5.41 Å². The highest BCUT2D eigenvalue weighted by molar-refractivity contribution is 5.48. The second-order valence-electron chi connectivity index (χ2n) is 6.60. The first-order valence-electron chi connectivity index (χ1n) is 7.23. The van der Waals surface area contributed by atoms with E-state index in [-0.39, 0.29) is 0 Å². The maximum Gasteiger partial charge on any atom is 0.133 e. The van der Waals surface area contributed by atoms with Gasteiger partial charge in [-0.3, -0.25) is 0 Å². The molecule has 1 fully saturated rings. The van der Waals surface area contributed by atoms with Crippen molar-refractivity contribution in [3.05, 3.63) is 17.6 Å². The van der Waals surface area contributed by atoms with E-state index < -0.39 is 0 Å². The third-order valence-corrected chi connectivity index (χ3v) is 4.42. The molecule has 2 aliphatic rings. The Labute approximate surface area is 109 Å². The number of nitrogens with one attached hydrogen (secondary N) is 1.